The van der Waals surface area contributed by atoms with E-state index < -0.39 is 12.2 Å². The van der Waals surface area contributed by atoms with Crippen LogP contribution in [0, 0.1) is 0 Å². The highest BCUT2D eigenvalue weighted by Crippen LogP contribution is 2.27. The first-order valence-electron chi connectivity index (χ1n) is 10.5. The van der Waals surface area contributed by atoms with Gasteiger partial charge in [-0.05, 0) is 45.4 Å². The number of hydrogen-bond donors (Lipinski definition) is 2. The molecule has 4 heterocycles. The molecule has 10 heteroatoms. The van der Waals surface area contributed by atoms with Gasteiger partial charge in [0.05, 0.1) is 34.4 Å². The van der Waals surface area contributed by atoms with Crippen LogP contribution in [0.1, 0.15) is 43.2 Å². The molecular formula is C22H27ClFN7O. The SMILES string of the molecule is CC(C)(C)NC(=O)c1ccc(Cn2c(N3CC[C@@H](F)[C@H](N)C3)nc3ncc(Cl)cc32)nc1. The quantitative estimate of drug-likeness (QED) is 0.622. The zero-order valence-electron chi connectivity index (χ0n) is 18.3. The highest BCUT2D eigenvalue weighted by molar-refractivity contribution is 6.31. The van der Waals surface area contributed by atoms with E-state index in [-0.39, 0.29) is 11.4 Å². The molecular weight excluding hydrogens is 433 g/mol. The van der Waals surface area contributed by atoms with E-state index >= 15 is 0 Å². The number of carbonyl (C=O) groups is 1. The Balaban J connectivity index is 1.65. The summed E-state index contributed by atoms with van der Waals surface area (Å²) in [6.07, 6.45) is 2.43. The topological polar surface area (TPSA) is 102 Å². The molecule has 1 aliphatic heterocycles. The number of alkyl halides is 1. The van der Waals surface area contributed by atoms with E-state index in [0.29, 0.717) is 48.2 Å². The number of pyridine rings is 2. The Kier molecular flexibility index (Phi) is 6.05. The molecule has 1 saturated heterocycles. The van der Waals surface area contributed by atoms with Gasteiger partial charge >= 0.3 is 0 Å². The number of carbonyl (C=O) groups excluding carboxylic acids is 1. The second-order valence-electron chi connectivity index (χ2n) is 9.15. The van der Waals surface area contributed by atoms with Crippen LogP contribution < -0.4 is 16.0 Å². The number of nitrogens with two attached hydrogens (primary N) is 1. The van der Waals surface area contributed by atoms with Crippen molar-refractivity contribution < 1.29 is 9.18 Å². The van der Waals surface area contributed by atoms with E-state index in [2.05, 4.69) is 20.3 Å². The fourth-order valence-corrected chi connectivity index (χ4v) is 3.88. The van der Waals surface area contributed by atoms with E-state index in [4.69, 9.17) is 17.3 Å². The van der Waals surface area contributed by atoms with E-state index in [1.165, 1.54) is 0 Å². The molecule has 32 heavy (non-hydrogen) atoms. The molecule has 2 atom stereocenters. The molecule has 3 N–H and O–H groups in total. The first kappa shape index (κ1) is 22.4. The Morgan fingerprint density at radius 2 is 2.09 bits per heavy atom. The van der Waals surface area contributed by atoms with Crippen molar-refractivity contribution in [3.05, 3.63) is 46.9 Å². The Hall–Kier alpha value is -2.78. The molecule has 0 aliphatic carbocycles. The Bertz CT molecular complexity index is 1130. The Morgan fingerprint density at radius 3 is 2.75 bits per heavy atom. The van der Waals surface area contributed by atoms with Crippen molar-refractivity contribution >= 4 is 34.6 Å². The molecule has 4 rings (SSSR count). The predicted octanol–water partition coefficient (Wildman–Crippen LogP) is 2.93. The number of halogens is 2. The van der Waals surface area contributed by atoms with Gasteiger partial charge in [-0.25, -0.2) is 9.37 Å². The average Bonchev–Trinajstić information content (AvgIpc) is 3.07. The third kappa shape index (κ3) is 4.83. The Labute approximate surface area is 191 Å². The zero-order valence-corrected chi connectivity index (χ0v) is 19.1. The van der Waals surface area contributed by atoms with E-state index in [1.54, 1.807) is 24.5 Å². The number of piperidine rings is 1. The highest BCUT2D eigenvalue weighted by atomic mass is 35.5. The highest BCUT2D eigenvalue weighted by Gasteiger charge is 2.29. The van der Waals surface area contributed by atoms with Crippen LogP contribution in [0.5, 0.6) is 0 Å². The van der Waals surface area contributed by atoms with Crippen LogP contribution in [-0.2, 0) is 6.54 Å². The summed E-state index contributed by atoms with van der Waals surface area (Å²) in [5.74, 6) is 0.470. The molecule has 1 fully saturated rings. The second-order valence-corrected chi connectivity index (χ2v) is 9.59. The first-order chi connectivity index (χ1) is 15.1. The van der Waals surface area contributed by atoms with Gasteiger partial charge in [0, 0.05) is 31.0 Å². The summed E-state index contributed by atoms with van der Waals surface area (Å²) >= 11 is 6.19. The van der Waals surface area contributed by atoms with Crippen molar-refractivity contribution in [3.63, 3.8) is 0 Å². The molecule has 3 aromatic heterocycles. The third-order valence-electron chi connectivity index (χ3n) is 5.30. The minimum absolute atomic E-state index is 0.176. The van der Waals surface area contributed by atoms with Crippen molar-refractivity contribution in [2.45, 2.75) is 51.5 Å². The first-order valence-corrected chi connectivity index (χ1v) is 10.9. The molecule has 0 spiro atoms. The number of hydrogen-bond acceptors (Lipinski definition) is 6. The maximum Gasteiger partial charge on any atom is 0.253 e. The lowest BCUT2D eigenvalue weighted by Gasteiger charge is -2.34. The van der Waals surface area contributed by atoms with Crippen LogP contribution in [0.15, 0.2) is 30.6 Å². The van der Waals surface area contributed by atoms with Crippen LogP contribution in [0.25, 0.3) is 11.2 Å². The summed E-state index contributed by atoms with van der Waals surface area (Å²) in [7, 11) is 0. The molecule has 3 aromatic rings. The number of amides is 1. The fraction of sp³-hybridized carbons (Fsp3) is 0.455. The van der Waals surface area contributed by atoms with Crippen LogP contribution in [0.4, 0.5) is 10.3 Å². The summed E-state index contributed by atoms with van der Waals surface area (Å²) in [4.78, 5) is 27.8. The molecule has 0 aromatic carbocycles. The number of nitrogens with one attached hydrogen (secondary N) is 1. The molecule has 0 radical (unpaired) electrons. The molecule has 0 saturated carbocycles. The standard InChI is InChI=1S/C22H27ClFN7O/c1-22(2,3)29-20(32)13-4-5-15(26-9-13)11-31-18-8-14(23)10-27-19(18)28-21(31)30-7-6-16(24)17(25)12-30/h4-5,8-10,16-17H,6-7,11-12,25H2,1-3H3,(H,29,32)/t16-,17-/m1/s1. The number of nitrogens with zero attached hydrogens (tertiary/aromatic N) is 5. The van der Waals surface area contributed by atoms with Gasteiger partial charge < -0.3 is 20.5 Å². The van der Waals surface area contributed by atoms with Gasteiger partial charge in [-0.15, -0.1) is 0 Å². The lowest BCUT2D eigenvalue weighted by molar-refractivity contribution is 0.0919. The normalized spacial score (nSPS) is 19.4. The van der Waals surface area contributed by atoms with Gasteiger partial charge in [0.25, 0.3) is 5.91 Å². The number of anilines is 1. The van der Waals surface area contributed by atoms with Crippen molar-refractivity contribution in [1.29, 1.82) is 0 Å². The summed E-state index contributed by atoms with van der Waals surface area (Å²) in [5, 5.41) is 3.42. The van der Waals surface area contributed by atoms with Crippen LogP contribution in [0.2, 0.25) is 5.02 Å². The minimum Gasteiger partial charge on any atom is -0.347 e. The van der Waals surface area contributed by atoms with Gasteiger partial charge in [-0.3, -0.25) is 9.78 Å². The monoisotopic (exact) mass is 459 g/mol. The van der Waals surface area contributed by atoms with Crippen LogP contribution >= 0.6 is 11.6 Å². The molecule has 1 amide bonds. The number of fused-ring (bicyclic) bond motifs is 1. The Morgan fingerprint density at radius 1 is 1.31 bits per heavy atom. The minimum atomic E-state index is -1.02. The number of aromatic nitrogens is 4. The van der Waals surface area contributed by atoms with Crippen LogP contribution in [-0.4, -0.2) is 56.3 Å². The van der Waals surface area contributed by atoms with Crippen molar-refractivity contribution in [1.82, 2.24) is 24.8 Å². The smallest absolute Gasteiger partial charge is 0.253 e. The molecule has 8 nitrogen and oxygen atoms in total. The maximum absolute atomic E-state index is 13.9. The van der Waals surface area contributed by atoms with E-state index in [1.807, 2.05) is 36.3 Å². The lowest BCUT2D eigenvalue weighted by Crippen LogP contribution is -2.50. The maximum atomic E-state index is 13.9. The lowest BCUT2D eigenvalue weighted by atomic mass is 10.1. The van der Waals surface area contributed by atoms with Crippen molar-refractivity contribution in [2.75, 3.05) is 18.0 Å². The third-order valence-corrected chi connectivity index (χ3v) is 5.51. The molecule has 1 aliphatic rings. The second kappa shape index (κ2) is 8.63. The molecule has 0 unspecified atom stereocenters. The predicted molar refractivity (Wildman–Crippen MR) is 123 cm³/mol. The van der Waals surface area contributed by atoms with Crippen LogP contribution in [0.3, 0.4) is 0 Å². The fourth-order valence-electron chi connectivity index (χ4n) is 3.73. The van der Waals surface area contributed by atoms with Gasteiger partial charge in [-0.2, -0.15) is 4.98 Å². The average molecular weight is 460 g/mol. The number of rotatable bonds is 4. The summed E-state index contributed by atoms with van der Waals surface area (Å²) in [6.45, 7) is 7.03. The van der Waals surface area contributed by atoms with E-state index in [0.717, 1.165) is 11.2 Å². The van der Waals surface area contributed by atoms with Gasteiger partial charge in [-0.1, -0.05) is 11.6 Å². The summed E-state index contributed by atoms with van der Waals surface area (Å²) in [5.41, 5.74) is 8.16. The molecule has 0 bridgehead atoms. The van der Waals surface area contributed by atoms with Gasteiger partial charge in [0.2, 0.25) is 5.95 Å². The van der Waals surface area contributed by atoms with Gasteiger partial charge in [0.1, 0.15) is 6.17 Å². The van der Waals surface area contributed by atoms with Crippen molar-refractivity contribution in [2.24, 2.45) is 5.73 Å². The largest absolute Gasteiger partial charge is 0.347 e. The molecule has 170 valence electrons. The number of imidazole rings is 1. The van der Waals surface area contributed by atoms with Gasteiger partial charge in [0.15, 0.2) is 5.65 Å². The zero-order chi connectivity index (χ0) is 23.0. The summed E-state index contributed by atoms with van der Waals surface area (Å²) < 4.78 is 15.9. The van der Waals surface area contributed by atoms with E-state index in [9.17, 15) is 9.18 Å². The van der Waals surface area contributed by atoms with Crippen molar-refractivity contribution in [3.8, 4) is 0 Å². The summed E-state index contributed by atoms with van der Waals surface area (Å²) in [6, 6.07) is 4.78.